The highest BCUT2D eigenvalue weighted by Gasteiger charge is 2.33. The van der Waals surface area contributed by atoms with Crippen molar-refractivity contribution < 1.29 is 27.1 Å². The second-order valence-electron chi connectivity index (χ2n) is 4.80. The van der Waals surface area contributed by atoms with Crippen LogP contribution in [0.2, 0.25) is 5.02 Å². The number of hydrogen-bond acceptors (Lipinski definition) is 6. The summed E-state index contributed by atoms with van der Waals surface area (Å²) in [6.07, 6.45) is -4.89. The standard InChI is InChI=1S/C13H12ClF3N4O3/c1-6-19-20-12(23-6)18-11(22)7-4-5-8(24-13(15,16)17)10(9(7)14)21(2)3/h4-5H,1-3H3,(H,18,20,22). The van der Waals surface area contributed by atoms with Gasteiger partial charge in [0.2, 0.25) is 5.89 Å². The number of rotatable bonds is 4. The highest BCUT2D eigenvalue weighted by molar-refractivity contribution is 6.37. The summed E-state index contributed by atoms with van der Waals surface area (Å²) < 4.78 is 46.4. The van der Waals surface area contributed by atoms with E-state index < -0.39 is 18.0 Å². The Kier molecular flexibility index (Phi) is 4.88. The lowest BCUT2D eigenvalue weighted by atomic mass is 10.1. The SMILES string of the molecule is Cc1nnc(NC(=O)c2ccc(OC(F)(F)F)c(N(C)C)c2Cl)o1. The highest BCUT2D eigenvalue weighted by Crippen LogP contribution is 2.39. The maximum Gasteiger partial charge on any atom is 0.573 e. The molecule has 0 saturated carbocycles. The molecule has 24 heavy (non-hydrogen) atoms. The minimum absolute atomic E-state index is 0.0780. The number of nitrogens with zero attached hydrogens (tertiary/aromatic N) is 3. The number of benzene rings is 1. The Labute approximate surface area is 139 Å². The number of anilines is 2. The molecular formula is C13H12ClF3N4O3. The zero-order valence-corrected chi connectivity index (χ0v) is 13.5. The number of amides is 1. The van der Waals surface area contributed by atoms with Crippen molar-refractivity contribution in [3.05, 3.63) is 28.6 Å². The number of alkyl halides is 3. The number of carbonyl (C=O) groups excluding carboxylic acids is 1. The first-order valence-corrected chi connectivity index (χ1v) is 6.83. The van der Waals surface area contributed by atoms with E-state index in [4.69, 9.17) is 16.0 Å². The van der Waals surface area contributed by atoms with Crippen LogP contribution in [-0.2, 0) is 0 Å². The number of hydrogen-bond donors (Lipinski definition) is 1. The minimum atomic E-state index is -4.89. The molecular weight excluding hydrogens is 353 g/mol. The predicted octanol–water partition coefficient (Wildman–Crippen LogP) is 3.25. The topological polar surface area (TPSA) is 80.5 Å². The molecule has 130 valence electrons. The third-order valence-electron chi connectivity index (χ3n) is 2.74. The highest BCUT2D eigenvalue weighted by atomic mass is 35.5. The van der Waals surface area contributed by atoms with Crippen LogP contribution in [0.1, 0.15) is 16.2 Å². The molecule has 1 N–H and O–H groups in total. The number of aryl methyl sites for hydroxylation is 1. The molecule has 11 heteroatoms. The van der Waals surface area contributed by atoms with Crippen molar-refractivity contribution >= 4 is 29.2 Å². The summed E-state index contributed by atoms with van der Waals surface area (Å²) in [5.74, 6) is -1.01. The lowest BCUT2D eigenvalue weighted by molar-refractivity contribution is -0.274. The quantitative estimate of drug-likeness (QED) is 0.897. The zero-order valence-electron chi connectivity index (χ0n) is 12.7. The van der Waals surface area contributed by atoms with Crippen LogP contribution < -0.4 is 15.0 Å². The van der Waals surface area contributed by atoms with E-state index >= 15 is 0 Å². The van der Waals surface area contributed by atoms with Crippen molar-refractivity contribution in [2.75, 3.05) is 24.3 Å². The van der Waals surface area contributed by atoms with E-state index in [0.717, 1.165) is 12.1 Å². The van der Waals surface area contributed by atoms with E-state index in [-0.39, 0.29) is 28.2 Å². The molecule has 0 bridgehead atoms. The molecule has 0 atom stereocenters. The first-order valence-electron chi connectivity index (χ1n) is 6.45. The van der Waals surface area contributed by atoms with Crippen LogP contribution in [0.4, 0.5) is 24.9 Å². The van der Waals surface area contributed by atoms with Gasteiger partial charge in [-0.15, -0.1) is 18.3 Å². The van der Waals surface area contributed by atoms with Gasteiger partial charge in [-0.3, -0.25) is 10.1 Å². The van der Waals surface area contributed by atoms with E-state index in [0.29, 0.717) is 0 Å². The number of aromatic nitrogens is 2. The smallest absolute Gasteiger partial charge is 0.408 e. The van der Waals surface area contributed by atoms with Gasteiger partial charge in [0, 0.05) is 21.0 Å². The van der Waals surface area contributed by atoms with E-state index in [1.54, 1.807) is 0 Å². The van der Waals surface area contributed by atoms with E-state index in [2.05, 4.69) is 20.3 Å². The van der Waals surface area contributed by atoms with Crippen LogP contribution in [0.5, 0.6) is 5.75 Å². The Morgan fingerprint density at radius 3 is 2.50 bits per heavy atom. The van der Waals surface area contributed by atoms with Gasteiger partial charge in [-0.2, -0.15) is 0 Å². The van der Waals surface area contributed by atoms with Gasteiger partial charge in [0.1, 0.15) is 0 Å². The Bertz CT molecular complexity index is 761. The Morgan fingerprint density at radius 2 is 2.00 bits per heavy atom. The van der Waals surface area contributed by atoms with Crippen LogP contribution >= 0.6 is 11.6 Å². The summed E-state index contributed by atoms with van der Waals surface area (Å²) in [4.78, 5) is 13.5. The largest absolute Gasteiger partial charge is 0.573 e. The average molecular weight is 365 g/mol. The number of ether oxygens (including phenoxy) is 1. The van der Waals surface area contributed by atoms with Gasteiger partial charge in [-0.05, 0) is 12.1 Å². The maximum atomic E-state index is 12.5. The molecule has 0 fully saturated rings. The summed E-state index contributed by atoms with van der Waals surface area (Å²) in [5.41, 5.74) is -0.172. The molecule has 0 spiro atoms. The average Bonchev–Trinajstić information content (AvgIpc) is 2.81. The molecule has 1 aromatic heterocycles. The van der Waals surface area contributed by atoms with E-state index in [1.165, 1.54) is 25.9 Å². The Hall–Kier alpha value is -2.49. The van der Waals surface area contributed by atoms with Gasteiger partial charge >= 0.3 is 12.4 Å². The Morgan fingerprint density at radius 1 is 1.33 bits per heavy atom. The van der Waals surface area contributed by atoms with Gasteiger partial charge < -0.3 is 14.1 Å². The van der Waals surface area contributed by atoms with Gasteiger partial charge in [-0.25, -0.2) is 0 Å². The van der Waals surface area contributed by atoms with Crippen LogP contribution in [0, 0.1) is 6.92 Å². The summed E-state index contributed by atoms with van der Waals surface area (Å²) >= 11 is 6.09. The van der Waals surface area contributed by atoms with Crippen molar-refractivity contribution in [3.8, 4) is 5.75 Å². The summed E-state index contributed by atoms with van der Waals surface area (Å²) in [6, 6.07) is 1.95. The van der Waals surface area contributed by atoms with Crippen LogP contribution in [0.15, 0.2) is 16.5 Å². The van der Waals surface area contributed by atoms with Crippen molar-refractivity contribution in [2.45, 2.75) is 13.3 Å². The van der Waals surface area contributed by atoms with Crippen LogP contribution in [0.3, 0.4) is 0 Å². The summed E-state index contributed by atoms with van der Waals surface area (Å²) in [7, 11) is 2.93. The normalized spacial score (nSPS) is 11.3. The molecule has 0 aliphatic heterocycles. The maximum absolute atomic E-state index is 12.5. The van der Waals surface area contributed by atoms with Gasteiger partial charge in [0.05, 0.1) is 16.3 Å². The molecule has 0 unspecified atom stereocenters. The Balaban J connectivity index is 2.37. The fraction of sp³-hybridized carbons (Fsp3) is 0.308. The molecule has 1 amide bonds. The van der Waals surface area contributed by atoms with Crippen LogP contribution in [-0.4, -0.2) is 36.6 Å². The van der Waals surface area contributed by atoms with Crippen LogP contribution in [0.25, 0.3) is 0 Å². The molecule has 1 aromatic carbocycles. The summed E-state index contributed by atoms with van der Waals surface area (Å²) in [6.45, 7) is 1.53. The summed E-state index contributed by atoms with van der Waals surface area (Å²) in [5, 5.41) is 9.22. The van der Waals surface area contributed by atoms with Gasteiger partial charge in [0.15, 0.2) is 5.75 Å². The number of carbonyl (C=O) groups is 1. The zero-order chi connectivity index (χ0) is 18.1. The second kappa shape index (κ2) is 6.56. The first kappa shape index (κ1) is 17.9. The molecule has 1 heterocycles. The molecule has 2 aromatic rings. The molecule has 0 aliphatic carbocycles. The van der Waals surface area contributed by atoms with Gasteiger partial charge in [0.25, 0.3) is 5.91 Å². The number of nitrogens with one attached hydrogen (secondary N) is 1. The van der Waals surface area contributed by atoms with Crippen molar-refractivity contribution in [1.82, 2.24) is 10.2 Å². The molecule has 0 saturated heterocycles. The first-order chi connectivity index (χ1) is 11.1. The minimum Gasteiger partial charge on any atom is -0.408 e. The predicted molar refractivity (Wildman–Crippen MR) is 79.5 cm³/mol. The fourth-order valence-corrected chi connectivity index (χ4v) is 2.27. The third-order valence-corrected chi connectivity index (χ3v) is 3.13. The number of halogens is 4. The monoisotopic (exact) mass is 364 g/mol. The van der Waals surface area contributed by atoms with Crippen molar-refractivity contribution in [3.63, 3.8) is 0 Å². The van der Waals surface area contributed by atoms with E-state index in [1.807, 2.05) is 0 Å². The third kappa shape index (κ3) is 4.07. The van der Waals surface area contributed by atoms with E-state index in [9.17, 15) is 18.0 Å². The molecule has 0 radical (unpaired) electrons. The molecule has 2 rings (SSSR count). The molecule has 0 aliphatic rings. The van der Waals surface area contributed by atoms with Gasteiger partial charge in [-0.1, -0.05) is 16.7 Å². The fourth-order valence-electron chi connectivity index (χ4n) is 1.86. The lowest BCUT2D eigenvalue weighted by Crippen LogP contribution is -2.21. The lowest BCUT2D eigenvalue weighted by Gasteiger charge is -2.21. The molecule has 7 nitrogen and oxygen atoms in total. The van der Waals surface area contributed by atoms with Crippen molar-refractivity contribution in [1.29, 1.82) is 0 Å². The van der Waals surface area contributed by atoms with Crippen molar-refractivity contribution in [2.24, 2.45) is 0 Å². The second-order valence-corrected chi connectivity index (χ2v) is 5.17.